The van der Waals surface area contributed by atoms with Crippen molar-refractivity contribution >= 4 is 17.9 Å². The van der Waals surface area contributed by atoms with Crippen LogP contribution in [0.2, 0.25) is 0 Å². The number of carbonyl (C=O) groups is 3. The SMILES string of the molecule is C=CCOC(=O)C[C@H]1CC2CCOCC[C@@H](O)CC(=C)OC(CO)C[C@@H]3C/C(=C\C(=O)OC)[C@H](OC(=O)CCCCCCC)[C@@](O)(O3)C(C)(C)/C=C/[C@H](O2)O1. The predicted octanol–water partition coefficient (Wildman–Crippen LogP) is 4.88. The first-order valence-electron chi connectivity index (χ1n) is 19.6. The van der Waals surface area contributed by atoms with Crippen LogP contribution in [0, 0.1) is 5.41 Å². The zero-order valence-electron chi connectivity index (χ0n) is 33.1. The van der Waals surface area contributed by atoms with Crippen LogP contribution in [0.4, 0.5) is 0 Å². The van der Waals surface area contributed by atoms with E-state index in [0.717, 1.165) is 25.7 Å². The fourth-order valence-corrected chi connectivity index (χ4v) is 6.86. The first-order chi connectivity index (χ1) is 26.2. The molecule has 4 bridgehead atoms. The average molecular weight is 781 g/mol. The molecule has 3 aliphatic rings. The fourth-order valence-electron chi connectivity index (χ4n) is 6.86. The van der Waals surface area contributed by atoms with Gasteiger partial charge in [0, 0.05) is 50.4 Å². The van der Waals surface area contributed by atoms with Gasteiger partial charge in [-0.25, -0.2) is 4.79 Å². The molecule has 0 aromatic rings. The number of ether oxygens (including phenoxy) is 8. The third-order valence-electron chi connectivity index (χ3n) is 9.97. The molecule has 0 aromatic heterocycles. The number of hydrogen-bond acceptors (Lipinski definition) is 14. The number of hydrogen-bond donors (Lipinski definition) is 3. The molecular weight excluding hydrogens is 716 g/mol. The summed E-state index contributed by atoms with van der Waals surface area (Å²) in [5, 5.41) is 33.7. The average Bonchev–Trinajstić information content (AvgIpc) is 3.13. The largest absolute Gasteiger partial charge is 0.493 e. The maximum Gasteiger partial charge on any atom is 0.330 e. The maximum atomic E-state index is 13.4. The molecule has 0 aromatic carbocycles. The molecule has 55 heavy (non-hydrogen) atoms. The smallest absolute Gasteiger partial charge is 0.330 e. The number of aliphatic hydroxyl groups excluding tert-OH is 2. The van der Waals surface area contributed by atoms with Crippen molar-refractivity contribution in [2.75, 3.05) is 33.5 Å². The van der Waals surface area contributed by atoms with Gasteiger partial charge in [0.2, 0.25) is 5.79 Å². The van der Waals surface area contributed by atoms with E-state index >= 15 is 0 Å². The van der Waals surface area contributed by atoms with Gasteiger partial charge in [-0.3, -0.25) is 9.59 Å². The van der Waals surface area contributed by atoms with Crippen LogP contribution in [0.15, 0.2) is 48.8 Å². The monoisotopic (exact) mass is 780 g/mol. The summed E-state index contributed by atoms with van der Waals surface area (Å²) in [4.78, 5) is 38.7. The highest BCUT2D eigenvalue weighted by Gasteiger charge is 2.57. The van der Waals surface area contributed by atoms with Gasteiger partial charge >= 0.3 is 17.9 Å². The van der Waals surface area contributed by atoms with Gasteiger partial charge in [-0.15, -0.1) is 0 Å². The highest BCUT2D eigenvalue weighted by atomic mass is 16.7. The van der Waals surface area contributed by atoms with Crippen LogP contribution in [-0.2, 0) is 52.3 Å². The van der Waals surface area contributed by atoms with Gasteiger partial charge < -0.3 is 53.2 Å². The van der Waals surface area contributed by atoms with Crippen LogP contribution in [0.3, 0.4) is 0 Å². The van der Waals surface area contributed by atoms with Crippen LogP contribution in [-0.4, -0.2) is 115 Å². The normalized spacial score (nSPS) is 32.0. The van der Waals surface area contributed by atoms with Gasteiger partial charge in [-0.1, -0.05) is 71.8 Å². The molecule has 0 radical (unpaired) electrons. The molecule has 0 saturated carbocycles. The third-order valence-corrected chi connectivity index (χ3v) is 9.97. The highest BCUT2D eigenvalue weighted by molar-refractivity contribution is 5.83. The van der Waals surface area contributed by atoms with E-state index in [1.165, 1.54) is 19.3 Å². The molecule has 2 unspecified atom stereocenters. The number of esters is 3. The molecule has 3 rings (SSSR count). The lowest BCUT2D eigenvalue weighted by atomic mass is 9.74. The summed E-state index contributed by atoms with van der Waals surface area (Å²) in [6.07, 6.45) is 5.92. The second-order valence-corrected chi connectivity index (χ2v) is 15.0. The molecule has 2 fully saturated rings. The van der Waals surface area contributed by atoms with E-state index in [-0.39, 0.29) is 62.8 Å². The van der Waals surface area contributed by atoms with Crippen molar-refractivity contribution in [2.24, 2.45) is 5.41 Å². The molecule has 0 spiro atoms. The number of fused-ring (bicyclic) bond motifs is 4. The standard InChI is InChI=1S/C41H64O14/c1-7-9-10-11-12-13-35(44)54-39-29(23-36(45)48-6)22-33-25-34(27-42)51-28(3)21-30(43)15-19-49-20-16-31-24-32(26-37(46)50-18-8-2)53-38(52-31)14-17-40(4,5)41(39,47)55-33/h8,14,17,23,30-34,38-39,42-43,47H,2-3,7,9-13,15-16,18-22,24-27H2,1,4-6H3/b17-14+,29-23+/t30-,31?,32-,33+,34?,38-,39+,41-/m1/s1. The minimum absolute atomic E-state index is 0.0259. The Morgan fingerprint density at radius 1 is 1.00 bits per heavy atom. The van der Waals surface area contributed by atoms with Crippen molar-refractivity contribution in [2.45, 2.75) is 153 Å². The molecular formula is C41H64O14. The lowest BCUT2D eigenvalue weighted by molar-refractivity contribution is -0.327. The van der Waals surface area contributed by atoms with Gasteiger partial charge in [-0.2, -0.15) is 0 Å². The summed E-state index contributed by atoms with van der Waals surface area (Å²) in [5.74, 6) is -3.79. The number of rotatable bonds is 13. The quantitative estimate of drug-likeness (QED) is 0.0755. The second kappa shape index (κ2) is 23.2. The van der Waals surface area contributed by atoms with E-state index < -0.39 is 72.5 Å². The van der Waals surface area contributed by atoms with E-state index in [1.54, 1.807) is 26.0 Å². The van der Waals surface area contributed by atoms with Crippen LogP contribution < -0.4 is 0 Å². The molecule has 312 valence electrons. The van der Waals surface area contributed by atoms with Crippen molar-refractivity contribution in [3.8, 4) is 0 Å². The van der Waals surface area contributed by atoms with Gasteiger partial charge in [0.05, 0.1) is 50.3 Å². The Labute approximate surface area is 325 Å². The summed E-state index contributed by atoms with van der Waals surface area (Å²) >= 11 is 0. The molecule has 3 heterocycles. The third kappa shape index (κ3) is 15.1. The van der Waals surface area contributed by atoms with Crippen molar-refractivity contribution in [1.82, 2.24) is 0 Å². The first kappa shape index (κ1) is 46.3. The summed E-state index contributed by atoms with van der Waals surface area (Å²) in [6, 6.07) is 0. The lowest BCUT2D eigenvalue weighted by Gasteiger charge is -2.51. The zero-order valence-corrected chi connectivity index (χ0v) is 33.1. The van der Waals surface area contributed by atoms with Gasteiger partial charge in [0.15, 0.2) is 12.4 Å². The number of aliphatic hydroxyl groups is 3. The molecule has 8 atom stereocenters. The zero-order chi connectivity index (χ0) is 40.4. The summed E-state index contributed by atoms with van der Waals surface area (Å²) in [7, 11) is 1.22. The number of carbonyl (C=O) groups excluding carboxylic acids is 3. The Morgan fingerprint density at radius 3 is 2.44 bits per heavy atom. The van der Waals surface area contributed by atoms with Crippen LogP contribution in [0.5, 0.6) is 0 Å². The lowest BCUT2D eigenvalue weighted by Crippen LogP contribution is -2.62. The maximum absolute atomic E-state index is 13.4. The van der Waals surface area contributed by atoms with Gasteiger partial charge in [-0.05, 0) is 37.3 Å². The topological polar surface area (TPSA) is 186 Å². The number of methoxy groups -OCH3 is 1. The molecule has 3 aliphatic heterocycles. The van der Waals surface area contributed by atoms with E-state index in [0.29, 0.717) is 32.3 Å². The highest BCUT2D eigenvalue weighted by Crippen LogP contribution is 2.47. The van der Waals surface area contributed by atoms with Crippen molar-refractivity contribution in [3.05, 3.63) is 48.8 Å². The van der Waals surface area contributed by atoms with E-state index in [2.05, 4.69) is 20.1 Å². The van der Waals surface area contributed by atoms with Crippen LogP contribution in [0.25, 0.3) is 0 Å². The van der Waals surface area contributed by atoms with Crippen LogP contribution in [0.1, 0.15) is 104 Å². The van der Waals surface area contributed by atoms with Gasteiger partial charge in [0.25, 0.3) is 0 Å². The fraction of sp³-hybridized carbons (Fsp3) is 0.732. The molecule has 0 amide bonds. The van der Waals surface area contributed by atoms with Crippen molar-refractivity contribution in [3.63, 3.8) is 0 Å². The Balaban J connectivity index is 2.04. The van der Waals surface area contributed by atoms with Crippen molar-refractivity contribution in [1.29, 1.82) is 0 Å². The molecule has 2 saturated heterocycles. The minimum Gasteiger partial charge on any atom is -0.493 e. The van der Waals surface area contributed by atoms with E-state index in [9.17, 15) is 29.7 Å². The Morgan fingerprint density at radius 2 is 1.73 bits per heavy atom. The van der Waals surface area contributed by atoms with Gasteiger partial charge in [0.1, 0.15) is 12.7 Å². The minimum atomic E-state index is -2.28. The predicted molar refractivity (Wildman–Crippen MR) is 201 cm³/mol. The van der Waals surface area contributed by atoms with E-state index in [4.69, 9.17) is 37.9 Å². The number of unbranched alkanes of at least 4 members (excludes halogenated alkanes) is 4. The molecule has 14 nitrogen and oxygen atoms in total. The second-order valence-electron chi connectivity index (χ2n) is 15.0. The Kier molecular flexibility index (Phi) is 19.5. The molecule has 0 aliphatic carbocycles. The summed E-state index contributed by atoms with van der Waals surface area (Å²) < 4.78 is 46.9. The summed E-state index contributed by atoms with van der Waals surface area (Å²) in [5.41, 5.74) is -1.11. The van der Waals surface area contributed by atoms with E-state index in [1.807, 2.05) is 0 Å². The Hall–Kier alpha value is -3.11. The van der Waals surface area contributed by atoms with Crippen molar-refractivity contribution < 1.29 is 67.6 Å². The first-order valence-corrected chi connectivity index (χ1v) is 19.6. The summed E-state index contributed by atoms with van der Waals surface area (Å²) in [6.45, 7) is 13.2. The molecule has 3 N–H and O–H groups in total. The Bertz CT molecular complexity index is 1310. The van der Waals surface area contributed by atoms with Crippen LogP contribution >= 0.6 is 0 Å². The molecule has 14 heteroatoms.